The van der Waals surface area contributed by atoms with Gasteiger partial charge in [-0.25, -0.2) is 0 Å². The third kappa shape index (κ3) is 2.98. The molecule has 0 aromatic carbocycles. The second-order valence-corrected chi connectivity index (χ2v) is 9.65. The zero-order valence-electron chi connectivity index (χ0n) is 6.32. The van der Waals surface area contributed by atoms with E-state index in [1.54, 1.807) is 11.3 Å². The summed E-state index contributed by atoms with van der Waals surface area (Å²) >= 11 is 4.03. The molecule has 0 unspecified atom stereocenters. The van der Waals surface area contributed by atoms with E-state index in [-0.39, 0.29) is 21.2 Å². The molecule has 1 heterocycles. The zero-order chi connectivity index (χ0) is 8.43. The van der Waals surface area contributed by atoms with Crippen LogP contribution in [-0.2, 0) is 0 Å². The van der Waals surface area contributed by atoms with Crippen LogP contribution >= 0.6 is 33.9 Å². The summed E-state index contributed by atoms with van der Waals surface area (Å²) in [4.78, 5) is 5.82. The van der Waals surface area contributed by atoms with Crippen LogP contribution in [0.1, 0.15) is 9.88 Å². The van der Waals surface area contributed by atoms with Gasteiger partial charge in [0.15, 0.2) is 0 Å². The van der Waals surface area contributed by atoms with E-state index < -0.39 is 0 Å². The van der Waals surface area contributed by atoms with E-state index in [4.69, 9.17) is 0 Å². The van der Waals surface area contributed by atoms with Crippen LogP contribution in [0.25, 0.3) is 0 Å². The molecule has 0 fully saturated rings. The summed E-state index contributed by atoms with van der Waals surface area (Å²) in [5.74, 6) is 0. The molecule has 0 saturated heterocycles. The van der Waals surface area contributed by atoms with Gasteiger partial charge in [-0.1, -0.05) is 0 Å². The Labute approximate surface area is 94.7 Å². The molecule has 0 aliphatic heterocycles. The van der Waals surface area contributed by atoms with Crippen LogP contribution in [-0.4, -0.2) is 4.98 Å². The van der Waals surface area contributed by atoms with Crippen molar-refractivity contribution in [1.82, 2.24) is 4.98 Å². The molecule has 0 radical (unpaired) electrons. The second kappa shape index (κ2) is 4.18. The SMILES string of the molecule is C=C(I)[I-]c1nc(C)sc1C. The first-order chi connectivity index (χ1) is 5.09. The first kappa shape index (κ1) is 9.91. The van der Waals surface area contributed by atoms with Gasteiger partial charge >= 0.3 is 95.7 Å². The van der Waals surface area contributed by atoms with Gasteiger partial charge in [0.05, 0.1) is 0 Å². The summed E-state index contributed by atoms with van der Waals surface area (Å²) in [5.41, 5.74) is 0. The van der Waals surface area contributed by atoms with E-state index in [9.17, 15) is 0 Å². The molecule has 1 nitrogen and oxygen atoms in total. The van der Waals surface area contributed by atoms with Crippen molar-refractivity contribution < 1.29 is 21.2 Å². The quantitative estimate of drug-likeness (QED) is 0.643. The molecule has 0 amide bonds. The van der Waals surface area contributed by atoms with Crippen LogP contribution in [0.15, 0.2) is 8.17 Å². The molecule has 62 valence electrons. The molecule has 0 aliphatic carbocycles. The average molecular weight is 392 g/mol. The standard InChI is InChI=1S/C7H8I2NS/c1-4-7(9-5(2)8)10-6(3)11-4/h2H2,1,3H3/q-1. The number of aryl methyl sites for hydroxylation is 2. The minimum atomic E-state index is -0.0422. The van der Waals surface area contributed by atoms with E-state index >= 15 is 0 Å². The topological polar surface area (TPSA) is 12.9 Å². The molecule has 0 saturated carbocycles. The van der Waals surface area contributed by atoms with Gasteiger partial charge in [0.1, 0.15) is 0 Å². The predicted molar refractivity (Wildman–Crippen MR) is 53.4 cm³/mol. The van der Waals surface area contributed by atoms with Crippen LogP contribution in [0.2, 0.25) is 0 Å². The Balaban J connectivity index is 2.85. The monoisotopic (exact) mass is 392 g/mol. The molecule has 0 spiro atoms. The maximum absolute atomic E-state index is 4.45. The van der Waals surface area contributed by atoms with Crippen LogP contribution in [0, 0.1) is 17.5 Å². The normalized spacial score (nSPS) is 10.5. The van der Waals surface area contributed by atoms with E-state index in [0.29, 0.717) is 0 Å². The van der Waals surface area contributed by atoms with Gasteiger partial charge in [-0.15, -0.1) is 0 Å². The molecule has 0 bridgehead atoms. The molecule has 11 heavy (non-hydrogen) atoms. The molecule has 0 aliphatic rings. The van der Waals surface area contributed by atoms with Gasteiger partial charge in [0, 0.05) is 0 Å². The van der Waals surface area contributed by atoms with Crippen molar-refractivity contribution in [3.63, 3.8) is 0 Å². The van der Waals surface area contributed by atoms with Crippen molar-refractivity contribution in [2.75, 3.05) is 0 Å². The summed E-state index contributed by atoms with van der Waals surface area (Å²) in [6.45, 7) is 8.10. The number of nitrogens with zero attached hydrogens (tertiary/aromatic N) is 1. The zero-order valence-corrected chi connectivity index (χ0v) is 11.4. The van der Waals surface area contributed by atoms with Gasteiger partial charge in [-0.3, -0.25) is 0 Å². The van der Waals surface area contributed by atoms with Crippen molar-refractivity contribution in [3.05, 3.63) is 21.8 Å². The predicted octanol–water partition coefficient (Wildman–Crippen LogP) is -0.0753. The van der Waals surface area contributed by atoms with E-state index in [0.717, 1.165) is 0 Å². The Hall–Kier alpha value is 0.830. The van der Waals surface area contributed by atoms with Crippen molar-refractivity contribution in [2.24, 2.45) is 0 Å². The van der Waals surface area contributed by atoms with Crippen LogP contribution in [0.5, 0.6) is 0 Å². The minimum absolute atomic E-state index is 0.0422. The molecular formula is C7H8I2NS-. The second-order valence-electron chi connectivity index (χ2n) is 2.01. The maximum atomic E-state index is 4.45. The number of thiazole rings is 1. The Morgan fingerprint density at radius 2 is 2.27 bits per heavy atom. The summed E-state index contributed by atoms with van der Waals surface area (Å²) in [7, 11) is 0. The number of rotatable bonds is 2. The van der Waals surface area contributed by atoms with Crippen LogP contribution in [0.3, 0.4) is 0 Å². The van der Waals surface area contributed by atoms with E-state index in [1.807, 2.05) is 0 Å². The molecule has 1 aromatic rings. The van der Waals surface area contributed by atoms with Crippen LogP contribution in [0.4, 0.5) is 0 Å². The molecule has 0 N–H and O–H groups in total. The summed E-state index contributed by atoms with van der Waals surface area (Å²) in [6, 6.07) is 0. The fourth-order valence-corrected chi connectivity index (χ4v) is 4.86. The van der Waals surface area contributed by atoms with Crippen LogP contribution < -0.4 is 21.2 Å². The van der Waals surface area contributed by atoms with E-state index in [2.05, 4.69) is 48.0 Å². The first-order valence-electron chi connectivity index (χ1n) is 3.03. The first-order valence-corrected chi connectivity index (χ1v) is 7.08. The molecule has 0 atom stereocenters. The third-order valence-corrected chi connectivity index (χ3v) is 5.81. The van der Waals surface area contributed by atoms with Crippen molar-refractivity contribution in [2.45, 2.75) is 13.8 Å². The number of halogens is 2. The van der Waals surface area contributed by atoms with Gasteiger partial charge in [0.25, 0.3) is 0 Å². The summed E-state index contributed by atoms with van der Waals surface area (Å²) in [6.07, 6.45) is 0. The van der Waals surface area contributed by atoms with E-state index in [1.165, 1.54) is 15.2 Å². The fraction of sp³-hybridized carbons (Fsp3) is 0.286. The van der Waals surface area contributed by atoms with Crippen molar-refractivity contribution in [1.29, 1.82) is 0 Å². The summed E-state index contributed by atoms with van der Waals surface area (Å²) in [5, 5.41) is 1.18. The van der Waals surface area contributed by atoms with Gasteiger partial charge in [-0.05, 0) is 0 Å². The van der Waals surface area contributed by atoms with Gasteiger partial charge in [-0.2, -0.15) is 0 Å². The Bertz CT molecular complexity index is 280. The van der Waals surface area contributed by atoms with Gasteiger partial charge in [0.2, 0.25) is 0 Å². The Kier molecular flexibility index (Phi) is 3.76. The molecule has 4 heteroatoms. The molecule has 1 aromatic heterocycles. The molecular weight excluding hydrogens is 384 g/mol. The average Bonchev–Trinajstić information content (AvgIpc) is 2.09. The Morgan fingerprint density at radius 1 is 1.64 bits per heavy atom. The number of hydrogen-bond acceptors (Lipinski definition) is 2. The molecule has 1 rings (SSSR count). The van der Waals surface area contributed by atoms with Crippen molar-refractivity contribution >= 4 is 33.9 Å². The number of hydrogen-bond donors (Lipinski definition) is 0. The third-order valence-electron chi connectivity index (χ3n) is 1.04. The fourth-order valence-electron chi connectivity index (χ4n) is 0.688. The Morgan fingerprint density at radius 3 is 2.64 bits per heavy atom. The number of aromatic nitrogens is 1. The summed E-state index contributed by atoms with van der Waals surface area (Å²) < 4.78 is 2.56. The van der Waals surface area contributed by atoms with Gasteiger partial charge < -0.3 is 0 Å². The van der Waals surface area contributed by atoms with Crippen molar-refractivity contribution in [3.8, 4) is 0 Å².